The van der Waals surface area contributed by atoms with Crippen LogP contribution in [0.2, 0.25) is 0 Å². The van der Waals surface area contributed by atoms with Crippen LogP contribution < -0.4 is 0 Å². The number of hydrogen-bond donors (Lipinski definition) is 0. The quantitative estimate of drug-likeness (QED) is 0.629. The predicted octanol–water partition coefficient (Wildman–Crippen LogP) is 2.65. The zero-order valence-electron chi connectivity index (χ0n) is 12.7. The van der Waals surface area contributed by atoms with Gasteiger partial charge in [0.1, 0.15) is 0 Å². The lowest BCUT2D eigenvalue weighted by Crippen LogP contribution is -2.41. The standard InChI is InChI=1S/C15H21BO4/c1-14(2)15(3,4)20-16(19-14)10-11-8-6-7-9-12(11)13(17)18-5/h6-9H,10H2,1-5H3. The summed E-state index contributed by atoms with van der Waals surface area (Å²) in [6, 6.07) is 7.37. The number of hydrogen-bond acceptors (Lipinski definition) is 4. The van der Waals surface area contributed by atoms with Gasteiger partial charge in [-0.25, -0.2) is 4.79 Å². The molecular formula is C15H21BO4. The van der Waals surface area contributed by atoms with Gasteiger partial charge in [0.15, 0.2) is 0 Å². The second kappa shape index (κ2) is 5.22. The topological polar surface area (TPSA) is 44.8 Å². The van der Waals surface area contributed by atoms with Crippen molar-refractivity contribution in [1.82, 2.24) is 0 Å². The monoisotopic (exact) mass is 276 g/mol. The molecule has 1 heterocycles. The third kappa shape index (κ3) is 2.74. The molecular weight excluding hydrogens is 255 g/mol. The molecule has 1 fully saturated rings. The molecule has 0 aromatic heterocycles. The summed E-state index contributed by atoms with van der Waals surface area (Å²) >= 11 is 0. The summed E-state index contributed by atoms with van der Waals surface area (Å²) in [5, 5.41) is 0. The fraction of sp³-hybridized carbons (Fsp3) is 0.533. The highest BCUT2D eigenvalue weighted by atomic mass is 16.7. The fourth-order valence-electron chi connectivity index (χ4n) is 2.24. The lowest BCUT2D eigenvalue weighted by molar-refractivity contribution is 0.00578. The van der Waals surface area contributed by atoms with Gasteiger partial charge in [-0.1, -0.05) is 18.2 Å². The van der Waals surface area contributed by atoms with Gasteiger partial charge >= 0.3 is 13.1 Å². The van der Waals surface area contributed by atoms with Gasteiger partial charge in [-0.2, -0.15) is 0 Å². The van der Waals surface area contributed by atoms with E-state index in [1.54, 1.807) is 6.07 Å². The molecule has 1 aromatic carbocycles. The van der Waals surface area contributed by atoms with E-state index in [0.29, 0.717) is 11.9 Å². The van der Waals surface area contributed by atoms with Crippen LogP contribution >= 0.6 is 0 Å². The molecule has 2 rings (SSSR count). The number of esters is 1. The molecule has 0 amide bonds. The van der Waals surface area contributed by atoms with E-state index in [0.717, 1.165) is 5.56 Å². The van der Waals surface area contributed by atoms with E-state index in [1.807, 2.05) is 45.9 Å². The van der Waals surface area contributed by atoms with Crippen molar-refractivity contribution < 1.29 is 18.8 Å². The Labute approximate surface area is 120 Å². The molecule has 0 unspecified atom stereocenters. The van der Waals surface area contributed by atoms with E-state index < -0.39 is 0 Å². The highest BCUT2D eigenvalue weighted by molar-refractivity contribution is 6.45. The number of ether oxygens (including phenoxy) is 1. The lowest BCUT2D eigenvalue weighted by atomic mass is 9.79. The number of methoxy groups -OCH3 is 1. The Morgan fingerprint density at radius 3 is 2.25 bits per heavy atom. The number of benzene rings is 1. The fourth-order valence-corrected chi connectivity index (χ4v) is 2.24. The Morgan fingerprint density at radius 1 is 1.15 bits per heavy atom. The molecule has 5 heteroatoms. The van der Waals surface area contributed by atoms with Crippen LogP contribution in [0.15, 0.2) is 24.3 Å². The van der Waals surface area contributed by atoms with Crippen LogP contribution in [0.5, 0.6) is 0 Å². The molecule has 0 bridgehead atoms. The minimum absolute atomic E-state index is 0.336. The third-order valence-corrected chi connectivity index (χ3v) is 4.11. The zero-order chi connectivity index (χ0) is 15.0. The van der Waals surface area contributed by atoms with Gasteiger partial charge in [-0.05, 0) is 39.3 Å². The maximum atomic E-state index is 11.8. The maximum Gasteiger partial charge on any atom is 0.462 e. The van der Waals surface area contributed by atoms with Crippen molar-refractivity contribution in [2.45, 2.75) is 45.2 Å². The Bertz CT molecular complexity index is 494. The summed E-state index contributed by atoms with van der Waals surface area (Å²) in [4.78, 5) is 11.8. The molecule has 1 aliphatic heterocycles. The van der Waals surface area contributed by atoms with Gasteiger partial charge in [-0.15, -0.1) is 0 Å². The minimum atomic E-state index is -0.363. The van der Waals surface area contributed by atoms with Crippen molar-refractivity contribution >= 4 is 13.1 Å². The normalized spacial score (nSPS) is 19.9. The van der Waals surface area contributed by atoms with Gasteiger partial charge in [0, 0.05) is 6.32 Å². The van der Waals surface area contributed by atoms with Gasteiger partial charge < -0.3 is 14.0 Å². The SMILES string of the molecule is COC(=O)c1ccccc1CB1OC(C)(C)C(C)(C)O1. The Morgan fingerprint density at radius 2 is 1.70 bits per heavy atom. The highest BCUT2D eigenvalue weighted by Crippen LogP contribution is 2.37. The van der Waals surface area contributed by atoms with Crippen LogP contribution in [-0.2, 0) is 20.4 Å². The smallest absolute Gasteiger partial charge is 0.462 e. The van der Waals surface area contributed by atoms with Crippen LogP contribution in [0.25, 0.3) is 0 Å². The first-order valence-electron chi connectivity index (χ1n) is 6.79. The lowest BCUT2D eigenvalue weighted by Gasteiger charge is -2.32. The number of carbonyl (C=O) groups excluding carboxylic acids is 1. The molecule has 0 atom stereocenters. The molecule has 108 valence electrons. The molecule has 0 aliphatic carbocycles. The molecule has 0 N–H and O–H groups in total. The zero-order valence-corrected chi connectivity index (χ0v) is 12.7. The van der Waals surface area contributed by atoms with Gasteiger partial charge in [0.05, 0.1) is 23.9 Å². The van der Waals surface area contributed by atoms with Crippen LogP contribution in [-0.4, -0.2) is 31.4 Å². The van der Waals surface area contributed by atoms with Crippen LogP contribution in [0.4, 0.5) is 0 Å². The first-order chi connectivity index (χ1) is 9.27. The van der Waals surface area contributed by atoms with Gasteiger partial charge in [0.25, 0.3) is 0 Å². The van der Waals surface area contributed by atoms with Crippen molar-refractivity contribution in [3.8, 4) is 0 Å². The average Bonchev–Trinajstić information content (AvgIpc) is 2.57. The Kier molecular flexibility index (Phi) is 3.94. The Hall–Kier alpha value is -1.33. The maximum absolute atomic E-state index is 11.8. The second-order valence-corrected chi connectivity index (χ2v) is 6.04. The average molecular weight is 276 g/mol. The van der Waals surface area contributed by atoms with Crippen molar-refractivity contribution in [3.63, 3.8) is 0 Å². The molecule has 0 radical (unpaired) electrons. The van der Waals surface area contributed by atoms with Gasteiger partial charge in [-0.3, -0.25) is 0 Å². The van der Waals surface area contributed by atoms with Crippen LogP contribution in [0, 0.1) is 0 Å². The van der Waals surface area contributed by atoms with E-state index in [2.05, 4.69) is 0 Å². The van der Waals surface area contributed by atoms with Crippen molar-refractivity contribution in [2.24, 2.45) is 0 Å². The predicted molar refractivity (Wildman–Crippen MR) is 77.6 cm³/mol. The van der Waals surface area contributed by atoms with Gasteiger partial charge in [0.2, 0.25) is 0 Å². The summed E-state index contributed by atoms with van der Waals surface area (Å²) < 4.78 is 16.7. The molecule has 4 nitrogen and oxygen atoms in total. The molecule has 1 saturated heterocycles. The summed E-state index contributed by atoms with van der Waals surface area (Å²) in [5.74, 6) is -0.336. The van der Waals surface area contributed by atoms with Crippen molar-refractivity contribution in [2.75, 3.05) is 7.11 Å². The van der Waals surface area contributed by atoms with E-state index in [9.17, 15) is 4.79 Å². The molecule has 0 saturated carbocycles. The van der Waals surface area contributed by atoms with Crippen LogP contribution in [0.3, 0.4) is 0 Å². The number of carbonyl (C=O) groups is 1. The van der Waals surface area contributed by atoms with Crippen LogP contribution in [0.1, 0.15) is 43.6 Å². The summed E-state index contributed by atoms with van der Waals surface area (Å²) in [6.07, 6.45) is 0.526. The number of rotatable bonds is 3. The Balaban J connectivity index is 2.19. The van der Waals surface area contributed by atoms with E-state index in [-0.39, 0.29) is 24.3 Å². The van der Waals surface area contributed by atoms with Crippen molar-refractivity contribution in [1.29, 1.82) is 0 Å². The van der Waals surface area contributed by atoms with Crippen molar-refractivity contribution in [3.05, 3.63) is 35.4 Å². The third-order valence-electron chi connectivity index (χ3n) is 4.11. The summed E-state index contributed by atoms with van der Waals surface area (Å²) in [6.45, 7) is 8.05. The first-order valence-corrected chi connectivity index (χ1v) is 6.79. The van der Waals surface area contributed by atoms with E-state index >= 15 is 0 Å². The molecule has 20 heavy (non-hydrogen) atoms. The minimum Gasteiger partial charge on any atom is -0.465 e. The molecule has 0 spiro atoms. The molecule has 1 aliphatic rings. The highest BCUT2D eigenvalue weighted by Gasteiger charge is 2.50. The van der Waals surface area contributed by atoms with E-state index in [1.165, 1.54) is 7.11 Å². The second-order valence-electron chi connectivity index (χ2n) is 6.04. The van der Waals surface area contributed by atoms with E-state index in [4.69, 9.17) is 14.0 Å². The largest absolute Gasteiger partial charge is 0.465 e. The summed E-state index contributed by atoms with van der Waals surface area (Å²) in [7, 11) is 1.03. The first kappa shape index (κ1) is 15.1. The summed E-state index contributed by atoms with van der Waals surface area (Å²) in [5.41, 5.74) is 0.706. The molecule has 1 aromatic rings.